The second-order valence-electron chi connectivity index (χ2n) is 6.76. The summed E-state index contributed by atoms with van der Waals surface area (Å²) in [7, 11) is 0. The minimum Gasteiger partial charge on any atom is -0.342 e. The average molecular weight is 286 g/mol. The topological polar surface area (TPSA) is 46.3 Å². The van der Waals surface area contributed by atoms with Crippen molar-refractivity contribution in [1.82, 2.24) is 4.90 Å². The molecule has 3 rings (SSSR count). The number of likely N-dealkylation sites (tertiary alicyclic amines) is 1. The number of benzene rings is 1. The summed E-state index contributed by atoms with van der Waals surface area (Å²) < 4.78 is 0. The van der Waals surface area contributed by atoms with E-state index in [0.29, 0.717) is 18.4 Å². The first-order valence-electron chi connectivity index (χ1n) is 8.27. The summed E-state index contributed by atoms with van der Waals surface area (Å²) in [5.41, 5.74) is 7.07. The molecule has 0 spiro atoms. The first kappa shape index (κ1) is 14.6. The number of piperidine rings is 1. The van der Waals surface area contributed by atoms with Gasteiger partial charge in [0.25, 0.3) is 0 Å². The molecule has 0 bridgehead atoms. The molecule has 1 amide bonds. The summed E-state index contributed by atoms with van der Waals surface area (Å²) in [4.78, 5) is 14.7. The molecule has 3 heteroatoms. The van der Waals surface area contributed by atoms with Crippen LogP contribution in [0.15, 0.2) is 30.3 Å². The quantitative estimate of drug-likeness (QED) is 0.925. The molecule has 2 fully saturated rings. The largest absolute Gasteiger partial charge is 0.342 e. The first-order valence-corrected chi connectivity index (χ1v) is 8.27. The standard InChI is InChI=1S/C18H26N2O/c19-14-18(9-4-10-18)17(21)20-11-7-16(8-12-20)13-15-5-2-1-3-6-15/h1-3,5-6,16H,4,7-14,19H2. The molecule has 0 atom stereocenters. The lowest BCUT2D eigenvalue weighted by Crippen LogP contribution is -2.53. The number of amides is 1. The smallest absolute Gasteiger partial charge is 0.230 e. The van der Waals surface area contributed by atoms with E-state index in [1.807, 2.05) is 0 Å². The monoisotopic (exact) mass is 286 g/mol. The summed E-state index contributed by atoms with van der Waals surface area (Å²) in [5, 5.41) is 0. The number of carbonyl (C=O) groups is 1. The Morgan fingerprint density at radius 2 is 1.86 bits per heavy atom. The van der Waals surface area contributed by atoms with E-state index in [1.165, 1.54) is 5.56 Å². The molecule has 1 saturated carbocycles. The van der Waals surface area contributed by atoms with Gasteiger partial charge in [0.1, 0.15) is 0 Å². The van der Waals surface area contributed by atoms with Gasteiger partial charge in [0, 0.05) is 19.6 Å². The van der Waals surface area contributed by atoms with E-state index < -0.39 is 0 Å². The van der Waals surface area contributed by atoms with E-state index in [2.05, 4.69) is 35.2 Å². The van der Waals surface area contributed by atoms with E-state index in [-0.39, 0.29) is 5.41 Å². The SMILES string of the molecule is NCC1(C(=O)N2CCC(Cc3ccccc3)CC2)CCC1. The molecule has 0 radical (unpaired) electrons. The third-order valence-electron chi connectivity index (χ3n) is 5.42. The van der Waals surface area contributed by atoms with Gasteiger partial charge in [0.2, 0.25) is 5.91 Å². The minimum atomic E-state index is -0.202. The van der Waals surface area contributed by atoms with Crippen molar-refractivity contribution >= 4 is 5.91 Å². The van der Waals surface area contributed by atoms with Gasteiger partial charge in [0.05, 0.1) is 5.41 Å². The number of carbonyl (C=O) groups excluding carboxylic acids is 1. The van der Waals surface area contributed by atoms with E-state index in [4.69, 9.17) is 5.73 Å². The van der Waals surface area contributed by atoms with Gasteiger partial charge < -0.3 is 10.6 Å². The Morgan fingerprint density at radius 1 is 1.19 bits per heavy atom. The summed E-state index contributed by atoms with van der Waals surface area (Å²) >= 11 is 0. The molecule has 1 heterocycles. The fourth-order valence-corrected chi connectivity index (χ4v) is 3.73. The van der Waals surface area contributed by atoms with E-state index in [0.717, 1.165) is 51.6 Å². The van der Waals surface area contributed by atoms with Gasteiger partial charge in [-0.3, -0.25) is 4.79 Å². The molecule has 0 aromatic heterocycles. The fraction of sp³-hybridized carbons (Fsp3) is 0.611. The van der Waals surface area contributed by atoms with Crippen LogP contribution in [0.1, 0.15) is 37.7 Å². The van der Waals surface area contributed by atoms with Crippen molar-refractivity contribution < 1.29 is 4.79 Å². The van der Waals surface area contributed by atoms with Gasteiger partial charge in [-0.05, 0) is 43.6 Å². The fourth-order valence-electron chi connectivity index (χ4n) is 3.73. The predicted molar refractivity (Wildman–Crippen MR) is 84.8 cm³/mol. The van der Waals surface area contributed by atoms with Crippen LogP contribution in [0.4, 0.5) is 0 Å². The zero-order valence-corrected chi connectivity index (χ0v) is 12.8. The van der Waals surface area contributed by atoms with Crippen molar-refractivity contribution in [3.8, 4) is 0 Å². The normalized spacial score (nSPS) is 21.9. The Kier molecular flexibility index (Phi) is 4.29. The summed E-state index contributed by atoms with van der Waals surface area (Å²) in [6.07, 6.45) is 6.54. The van der Waals surface area contributed by atoms with Crippen LogP contribution >= 0.6 is 0 Å². The van der Waals surface area contributed by atoms with Gasteiger partial charge in [-0.2, -0.15) is 0 Å². The first-order chi connectivity index (χ1) is 10.2. The summed E-state index contributed by atoms with van der Waals surface area (Å²) in [6, 6.07) is 10.7. The molecule has 21 heavy (non-hydrogen) atoms. The Labute approximate surface area is 127 Å². The van der Waals surface area contributed by atoms with Gasteiger partial charge >= 0.3 is 0 Å². The highest BCUT2D eigenvalue weighted by molar-refractivity contribution is 5.84. The van der Waals surface area contributed by atoms with Crippen LogP contribution in [-0.4, -0.2) is 30.4 Å². The second-order valence-corrected chi connectivity index (χ2v) is 6.76. The number of hydrogen-bond donors (Lipinski definition) is 1. The van der Waals surface area contributed by atoms with Crippen molar-refractivity contribution in [3.05, 3.63) is 35.9 Å². The number of hydrogen-bond acceptors (Lipinski definition) is 2. The maximum atomic E-state index is 12.6. The lowest BCUT2D eigenvalue weighted by atomic mass is 9.67. The van der Waals surface area contributed by atoms with Gasteiger partial charge in [-0.15, -0.1) is 0 Å². The Morgan fingerprint density at radius 3 is 2.38 bits per heavy atom. The van der Waals surface area contributed by atoms with E-state index in [9.17, 15) is 4.79 Å². The molecule has 1 aliphatic heterocycles. The third-order valence-corrected chi connectivity index (χ3v) is 5.42. The number of nitrogens with two attached hydrogens (primary N) is 1. The zero-order chi connectivity index (χ0) is 14.7. The Bertz CT molecular complexity index is 468. The van der Waals surface area contributed by atoms with Crippen molar-refractivity contribution in [2.45, 2.75) is 38.5 Å². The van der Waals surface area contributed by atoms with Crippen LogP contribution in [0.2, 0.25) is 0 Å². The molecule has 2 N–H and O–H groups in total. The maximum absolute atomic E-state index is 12.6. The van der Waals surface area contributed by atoms with Crippen molar-refractivity contribution in [2.24, 2.45) is 17.1 Å². The minimum absolute atomic E-state index is 0.202. The molecular weight excluding hydrogens is 260 g/mol. The van der Waals surface area contributed by atoms with E-state index in [1.54, 1.807) is 0 Å². The third kappa shape index (κ3) is 2.98. The number of nitrogens with zero attached hydrogens (tertiary/aromatic N) is 1. The molecule has 0 unspecified atom stereocenters. The van der Waals surface area contributed by atoms with Crippen LogP contribution in [0.3, 0.4) is 0 Å². The molecule has 1 saturated heterocycles. The van der Waals surface area contributed by atoms with Crippen LogP contribution < -0.4 is 5.73 Å². The van der Waals surface area contributed by atoms with Crippen molar-refractivity contribution in [1.29, 1.82) is 0 Å². The van der Waals surface area contributed by atoms with Gasteiger partial charge in [-0.1, -0.05) is 36.8 Å². The van der Waals surface area contributed by atoms with Crippen LogP contribution in [0, 0.1) is 11.3 Å². The Hall–Kier alpha value is -1.35. The average Bonchev–Trinajstić information content (AvgIpc) is 2.48. The predicted octanol–water partition coefficient (Wildman–Crippen LogP) is 2.60. The molecule has 114 valence electrons. The highest BCUT2D eigenvalue weighted by Crippen LogP contribution is 2.42. The molecule has 3 nitrogen and oxygen atoms in total. The van der Waals surface area contributed by atoms with Gasteiger partial charge in [-0.25, -0.2) is 0 Å². The second kappa shape index (κ2) is 6.18. The van der Waals surface area contributed by atoms with Crippen molar-refractivity contribution in [3.63, 3.8) is 0 Å². The van der Waals surface area contributed by atoms with Crippen LogP contribution in [-0.2, 0) is 11.2 Å². The summed E-state index contributed by atoms with van der Waals surface area (Å²) in [6.45, 7) is 2.35. The van der Waals surface area contributed by atoms with Crippen molar-refractivity contribution in [2.75, 3.05) is 19.6 Å². The van der Waals surface area contributed by atoms with Crippen LogP contribution in [0.5, 0.6) is 0 Å². The highest BCUT2D eigenvalue weighted by Gasteiger charge is 2.45. The molecular formula is C18H26N2O. The molecule has 1 aliphatic carbocycles. The molecule has 2 aliphatic rings. The number of rotatable bonds is 4. The Balaban J connectivity index is 1.52. The highest BCUT2D eigenvalue weighted by atomic mass is 16.2. The molecule has 1 aromatic carbocycles. The lowest BCUT2D eigenvalue weighted by molar-refractivity contribution is -0.148. The molecule has 1 aromatic rings. The maximum Gasteiger partial charge on any atom is 0.230 e. The summed E-state index contributed by atoms with van der Waals surface area (Å²) in [5.74, 6) is 1.04. The zero-order valence-electron chi connectivity index (χ0n) is 12.8. The van der Waals surface area contributed by atoms with E-state index >= 15 is 0 Å². The van der Waals surface area contributed by atoms with Crippen LogP contribution in [0.25, 0.3) is 0 Å². The lowest BCUT2D eigenvalue weighted by Gasteiger charge is -2.44. The van der Waals surface area contributed by atoms with Gasteiger partial charge in [0.15, 0.2) is 0 Å².